The summed E-state index contributed by atoms with van der Waals surface area (Å²) in [6.45, 7) is 0.257. The monoisotopic (exact) mass is 282 g/mol. The number of sulfonamides is 1. The van der Waals surface area contributed by atoms with E-state index in [1.807, 2.05) is 0 Å². The number of nitrogens with one attached hydrogen (secondary N) is 1. The molecule has 0 atom stereocenters. The SMILES string of the molecule is COC(=O)CS(=O)(=O)Nc1ccc(C#CCN)cc1. The zero-order valence-electron chi connectivity index (χ0n) is 10.3. The van der Waals surface area contributed by atoms with E-state index >= 15 is 0 Å². The zero-order chi connectivity index (χ0) is 14.3. The molecule has 0 spiro atoms. The molecule has 0 fully saturated rings. The van der Waals surface area contributed by atoms with Crippen molar-refractivity contribution < 1.29 is 17.9 Å². The Balaban J connectivity index is 2.75. The molecule has 102 valence electrons. The molecule has 3 N–H and O–H groups in total. The number of methoxy groups -OCH3 is 1. The minimum absolute atomic E-state index is 0.257. The molecule has 0 unspecified atom stereocenters. The number of carbonyl (C=O) groups excluding carboxylic acids is 1. The van der Waals surface area contributed by atoms with Crippen molar-refractivity contribution in [3.05, 3.63) is 29.8 Å². The molecule has 0 amide bonds. The van der Waals surface area contributed by atoms with Gasteiger partial charge in [0.1, 0.15) is 0 Å². The third kappa shape index (κ3) is 5.42. The Morgan fingerprint density at radius 2 is 2.00 bits per heavy atom. The molecule has 0 saturated carbocycles. The summed E-state index contributed by atoms with van der Waals surface area (Å²) in [5, 5.41) is 0. The fourth-order valence-corrected chi connectivity index (χ4v) is 2.20. The fourth-order valence-electron chi connectivity index (χ4n) is 1.20. The van der Waals surface area contributed by atoms with Crippen molar-refractivity contribution in [2.24, 2.45) is 5.73 Å². The maximum Gasteiger partial charge on any atom is 0.322 e. The van der Waals surface area contributed by atoms with E-state index in [0.717, 1.165) is 12.7 Å². The molecule has 6 nitrogen and oxygen atoms in total. The lowest BCUT2D eigenvalue weighted by Crippen LogP contribution is -2.23. The standard InChI is InChI=1S/C12H14N2O4S/c1-18-12(15)9-19(16,17)14-11-6-4-10(5-7-11)3-2-8-13/h4-7,14H,8-9,13H2,1H3. The van der Waals surface area contributed by atoms with Gasteiger partial charge in [-0.25, -0.2) is 8.42 Å². The van der Waals surface area contributed by atoms with Crippen LogP contribution in [0.5, 0.6) is 0 Å². The van der Waals surface area contributed by atoms with Crippen molar-refractivity contribution in [2.45, 2.75) is 0 Å². The molecule has 0 saturated heterocycles. The van der Waals surface area contributed by atoms with Gasteiger partial charge in [-0.1, -0.05) is 11.8 Å². The minimum Gasteiger partial charge on any atom is -0.468 e. The number of anilines is 1. The third-order valence-electron chi connectivity index (χ3n) is 2.03. The highest BCUT2D eigenvalue weighted by Gasteiger charge is 2.16. The average Bonchev–Trinajstić information content (AvgIpc) is 2.37. The van der Waals surface area contributed by atoms with Crippen LogP contribution in [0.3, 0.4) is 0 Å². The van der Waals surface area contributed by atoms with Crippen LogP contribution in [0.25, 0.3) is 0 Å². The van der Waals surface area contributed by atoms with Crippen LogP contribution >= 0.6 is 0 Å². The Labute approximate surface area is 112 Å². The van der Waals surface area contributed by atoms with Gasteiger partial charge in [-0.2, -0.15) is 0 Å². The van der Waals surface area contributed by atoms with E-state index in [0.29, 0.717) is 5.69 Å². The largest absolute Gasteiger partial charge is 0.468 e. The number of carbonyl (C=O) groups is 1. The number of rotatable bonds is 4. The van der Waals surface area contributed by atoms with E-state index in [9.17, 15) is 13.2 Å². The number of hydrogen-bond acceptors (Lipinski definition) is 5. The summed E-state index contributed by atoms with van der Waals surface area (Å²) >= 11 is 0. The smallest absolute Gasteiger partial charge is 0.322 e. The molecule has 0 aliphatic rings. The summed E-state index contributed by atoms with van der Waals surface area (Å²) in [4.78, 5) is 10.9. The topological polar surface area (TPSA) is 98.5 Å². The van der Waals surface area contributed by atoms with Crippen molar-refractivity contribution in [3.8, 4) is 11.8 Å². The molecule has 1 rings (SSSR count). The molecule has 0 radical (unpaired) electrons. The third-order valence-corrected chi connectivity index (χ3v) is 3.19. The van der Waals surface area contributed by atoms with Gasteiger partial charge in [-0.15, -0.1) is 0 Å². The highest BCUT2D eigenvalue weighted by molar-refractivity contribution is 7.93. The molecule has 1 aromatic rings. The first-order valence-corrected chi connectivity index (χ1v) is 6.98. The Kier molecular flexibility index (Phi) is 5.36. The van der Waals surface area contributed by atoms with Crippen molar-refractivity contribution in [1.29, 1.82) is 0 Å². The van der Waals surface area contributed by atoms with Crippen LogP contribution in [0.4, 0.5) is 5.69 Å². The van der Waals surface area contributed by atoms with Crippen LogP contribution in [0.2, 0.25) is 0 Å². The molecule has 0 aliphatic heterocycles. The predicted molar refractivity (Wildman–Crippen MR) is 71.8 cm³/mol. The number of nitrogens with two attached hydrogens (primary N) is 1. The molecular formula is C12H14N2O4S. The highest BCUT2D eigenvalue weighted by atomic mass is 32.2. The minimum atomic E-state index is -3.76. The van der Waals surface area contributed by atoms with Crippen LogP contribution < -0.4 is 10.5 Å². The molecule has 0 aromatic heterocycles. The first-order chi connectivity index (χ1) is 8.96. The van der Waals surface area contributed by atoms with E-state index in [-0.39, 0.29) is 6.54 Å². The van der Waals surface area contributed by atoms with Gasteiger partial charge in [0, 0.05) is 11.3 Å². The zero-order valence-corrected chi connectivity index (χ0v) is 11.2. The van der Waals surface area contributed by atoms with E-state index < -0.39 is 21.7 Å². The first kappa shape index (κ1) is 15.0. The molecular weight excluding hydrogens is 268 g/mol. The second-order valence-corrected chi connectivity index (χ2v) is 5.24. The van der Waals surface area contributed by atoms with E-state index in [2.05, 4.69) is 21.3 Å². The Hall–Kier alpha value is -2.04. The maximum absolute atomic E-state index is 11.6. The number of esters is 1. The van der Waals surface area contributed by atoms with Crippen molar-refractivity contribution in [2.75, 3.05) is 24.1 Å². The van der Waals surface area contributed by atoms with Crippen molar-refractivity contribution >= 4 is 21.7 Å². The predicted octanol–water partition coefficient (Wildman–Crippen LogP) is -0.0885. The van der Waals surface area contributed by atoms with E-state index in [1.165, 1.54) is 0 Å². The average molecular weight is 282 g/mol. The Bertz CT molecular complexity index is 597. The summed E-state index contributed by atoms with van der Waals surface area (Å²) in [5.41, 5.74) is 6.31. The van der Waals surface area contributed by atoms with E-state index in [1.54, 1.807) is 24.3 Å². The second-order valence-electron chi connectivity index (χ2n) is 3.52. The fraction of sp³-hybridized carbons (Fsp3) is 0.250. The lowest BCUT2D eigenvalue weighted by molar-refractivity contribution is -0.137. The summed E-state index contributed by atoms with van der Waals surface area (Å²) < 4.78 is 29.7. The highest BCUT2D eigenvalue weighted by Crippen LogP contribution is 2.11. The molecule has 7 heteroatoms. The quantitative estimate of drug-likeness (QED) is 0.594. The van der Waals surface area contributed by atoms with Gasteiger partial charge < -0.3 is 10.5 Å². The second kappa shape index (κ2) is 6.78. The van der Waals surface area contributed by atoms with Gasteiger partial charge >= 0.3 is 5.97 Å². The lowest BCUT2D eigenvalue weighted by atomic mass is 10.2. The van der Waals surface area contributed by atoms with Gasteiger partial charge in [-0.05, 0) is 24.3 Å². The van der Waals surface area contributed by atoms with Crippen molar-refractivity contribution in [3.63, 3.8) is 0 Å². The molecule has 0 aliphatic carbocycles. The Morgan fingerprint density at radius 1 is 1.37 bits per heavy atom. The van der Waals surface area contributed by atoms with Gasteiger partial charge in [-0.3, -0.25) is 9.52 Å². The number of ether oxygens (including phenoxy) is 1. The normalized spacial score (nSPS) is 10.2. The van der Waals surface area contributed by atoms with Crippen LogP contribution in [-0.4, -0.2) is 33.8 Å². The summed E-state index contributed by atoms with van der Waals surface area (Å²) in [5.74, 6) is 3.95. The Morgan fingerprint density at radius 3 is 2.53 bits per heavy atom. The van der Waals surface area contributed by atoms with Crippen LogP contribution in [0.15, 0.2) is 24.3 Å². The van der Waals surface area contributed by atoms with Crippen LogP contribution in [0, 0.1) is 11.8 Å². The molecule has 19 heavy (non-hydrogen) atoms. The van der Waals surface area contributed by atoms with Crippen LogP contribution in [0.1, 0.15) is 5.56 Å². The molecule has 0 heterocycles. The molecule has 0 bridgehead atoms. The van der Waals surface area contributed by atoms with Crippen molar-refractivity contribution in [1.82, 2.24) is 0 Å². The number of hydrogen-bond donors (Lipinski definition) is 2. The van der Waals surface area contributed by atoms with Gasteiger partial charge in [0.05, 0.1) is 13.7 Å². The lowest BCUT2D eigenvalue weighted by Gasteiger charge is -2.06. The summed E-state index contributed by atoms with van der Waals surface area (Å²) in [7, 11) is -2.63. The first-order valence-electron chi connectivity index (χ1n) is 5.33. The van der Waals surface area contributed by atoms with Gasteiger partial charge in [0.25, 0.3) is 0 Å². The van der Waals surface area contributed by atoms with E-state index in [4.69, 9.17) is 5.73 Å². The van der Waals surface area contributed by atoms with Gasteiger partial charge in [0.15, 0.2) is 5.75 Å². The van der Waals surface area contributed by atoms with Crippen LogP contribution in [-0.2, 0) is 19.6 Å². The summed E-state index contributed by atoms with van der Waals surface area (Å²) in [6.07, 6.45) is 0. The van der Waals surface area contributed by atoms with Gasteiger partial charge in [0.2, 0.25) is 10.0 Å². The maximum atomic E-state index is 11.6. The molecule has 1 aromatic carbocycles. The summed E-state index contributed by atoms with van der Waals surface area (Å²) in [6, 6.07) is 6.40. The number of benzene rings is 1.